The van der Waals surface area contributed by atoms with Gasteiger partial charge in [0.25, 0.3) is 10.1 Å². The predicted octanol–water partition coefficient (Wildman–Crippen LogP) is 8.08. The molecule has 0 saturated heterocycles. The van der Waals surface area contributed by atoms with Gasteiger partial charge in [-0.2, -0.15) is 8.42 Å². The zero-order chi connectivity index (χ0) is 27.3. The van der Waals surface area contributed by atoms with E-state index in [0.717, 1.165) is 38.8 Å². The fourth-order valence-corrected chi connectivity index (χ4v) is 7.86. The van der Waals surface area contributed by atoms with Crippen molar-refractivity contribution in [1.29, 1.82) is 0 Å². The molecule has 1 heterocycles. The Morgan fingerprint density at radius 3 is 2.03 bits per heavy atom. The van der Waals surface area contributed by atoms with Gasteiger partial charge in [-0.15, -0.1) is 0 Å². The monoisotopic (exact) mass is 569 g/mol. The topological polar surface area (TPSA) is 87.2 Å². The van der Waals surface area contributed by atoms with E-state index in [1.165, 1.54) is 10.9 Å². The number of benzene rings is 3. The Kier molecular flexibility index (Phi) is 6.97. The SMILES string of the molecule is CC1(C)C2CCC1(CS(=O)(=O)O)C(=O)C2.Clc1ccc(-c2[nH]c3ccccc3c2-c2ccc(Cl)cc2)cc1. The van der Waals surface area contributed by atoms with Gasteiger partial charge >= 0.3 is 0 Å². The molecule has 5 nitrogen and oxygen atoms in total. The number of carbonyl (C=O) groups excluding carboxylic acids is 1. The molecule has 2 N–H and O–H groups in total. The molecule has 6 rings (SSSR count). The van der Waals surface area contributed by atoms with Gasteiger partial charge in [0.1, 0.15) is 5.78 Å². The van der Waals surface area contributed by atoms with Crippen LogP contribution in [-0.4, -0.2) is 29.5 Å². The molecule has 2 bridgehead atoms. The summed E-state index contributed by atoms with van der Waals surface area (Å²) in [4.78, 5) is 15.4. The summed E-state index contributed by atoms with van der Waals surface area (Å²) in [7, 11) is -4.08. The van der Waals surface area contributed by atoms with Gasteiger partial charge in [0.15, 0.2) is 0 Å². The van der Waals surface area contributed by atoms with E-state index in [4.69, 9.17) is 27.8 Å². The number of hydrogen-bond donors (Lipinski definition) is 2. The lowest BCUT2D eigenvalue weighted by molar-refractivity contribution is -0.128. The minimum Gasteiger partial charge on any atom is -0.354 e. The van der Waals surface area contributed by atoms with Gasteiger partial charge < -0.3 is 4.98 Å². The van der Waals surface area contributed by atoms with Gasteiger partial charge in [0.2, 0.25) is 0 Å². The summed E-state index contributed by atoms with van der Waals surface area (Å²) in [6.45, 7) is 3.89. The number of carbonyl (C=O) groups is 1. The van der Waals surface area contributed by atoms with Crippen molar-refractivity contribution in [2.24, 2.45) is 16.7 Å². The van der Waals surface area contributed by atoms with E-state index >= 15 is 0 Å². The summed E-state index contributed by atoms with van der Waals surface area (Å²) < 4.78 is 31.0. The van der Waals surface area contributed by atoms with Crippen molar-refractivity contribution in [3.63, 3.8) is 0 Å². The summed E-state index contributed by atoms with van der Waals surface area (Å²) in [6.07, 6.45) is 1.97. The third kappa shape index (κ3) is 4.79. The molecule has 38 heavy (non-hydrogen) atoms. The van der Waals surface area contributed by atoms with Crippen molar-refractivity contribution in [2.75, 3.05) is 5.75 Å². The summed E-state index contributed by atoms with van der Waals surface area (Å²) in [6, 6.07) is 24.2. The van der Waals surface area contributed by atoms with Crippen LogP contribution >= 0.6 is 23.2 Å². The minimum atomic E-state index is -4.08. The maximum atomic E-state index is 11.9. The van der Waals surface area contributed by atoms with Gasteiger partial charge in [-0.25, -0.2) is 0 Å². The molecule has 2 aliphatic carbocycles. The van der Waals surface area contributed by atoms with Crippen LogP contribution in [0.3, 0.4) is 0 Å². The van der Waals surface area contributed by atoms with Crippen molar-refractivity contribution in [1.82, 2.24) is 4.98 Å². The molecule has 198 valence electrons. The number of ketones is 1. The zero-order valence-corrected chi connectivity index (χ0v) is 23.5. The maximum absolute atomic E-state index is 11.9. The fraction of sp³-hybridized carbons (Fsp3) is 0.300. The van der Waals surface area contributed by atoms with E-state index in [9.17, 15) is 13.2 Å². The second-order valence-electron chi connectivity index (χ2n) is 10.8. The predicted molar refractivity (Wildman–Crippen MR) is 154 cm³/mol. The Morgan fingerprint density at radius 1 is 0.921 bits per heavy atom. The molecule has 3 aromatic carbocycles. The second kappa shape index (κ2) is 9.83. The molecule has 2 fully saturated rings. The zero-order valence-electron chi connectivity index (χ0n) is 21.2. The smallest absolute Gasteiger partial charge is 0.265 e. The van der Waals surface area contributed by atoms with Crippen LogP contribution in [0.15, 0.2) is 72.8 Å². The number of rotatable bonds is 4. The molecule has 1 aromatic heterocycles. The highest BCUT2D eigenvalue weighted by Gasteiger charge is 2.65. The van der Waals surface area contributed by atoms with Crippen LogP contribution in [0, 0.1) is 16.7 Å². The first-order valence-corrected chi connectivity index (χ1v) is 14.9. The summed E-state index contributed by atoms with van der Waals surface area (Å²) in [5, 5.41) is 2.67. The summed E-state index contributed by atoms with van der Waals surface area (Å²) >= 11 is 12.1. The van der Waals surface area contributed by atoms with Gasteiger partial charge in [-0.05, 0) is 65.6 Å². The van der Waals surface area contributed by atoms with Crippen LogP contribution in [0.25, 0.3) is 33.3 Å². The largest absolute Gasteiger partial charge is 0.354 e. The van der Waals surface area contributed by atoms with Crippen LogP contribution in [0.5, 0.6) is 0 Å². The Morgan fingerprint density at radius 2 is 1.50 bits per heavy atom. The molecule has 0 radical (unpaired) electrons. The molecule has 2 aliphatic rings. The molecular weight excluding hydrogens is 541 g/mol. The number of H-pyrrole nitrogens is 1. The first kappa shape index (κ1) is 26.9. The van der Waals surface area contributed by atoms with Crippen molar-refractivity contribution >= 4 is 50.0 Å². The number of aromatic nitrogens is 1. The maximum Gasteiger partial charge on any atom is 0.265 e. The average molecular weight is 571 g/mol. The quantitative estimate of drug-likeness (QED) is 0.243. The highest BCUT2D eigenvalue weighted by molar-refractivity contribution is 7.85. The Balaban J connectivity index is 0.000000170. The van der Waals surface area contributed by atoms with Crippen LogP contribution < -0.4 is 0 Å². The van der Waals surface area contributed by atoms with E-state index in [1.807, 2.05) is 56.3 Å². The Bertz CT molecular complexity index is 1610. The number of para-hydroxylation sites is 1. The van der Waals surface area contributed by atoms with E-state index < -0.39 is 21.3 Å². The van der Waals surface area contributed by atoms with E-state index in [2.05, 4.69) is 35.3 Å². The molecule has 8 heteroatoms. The Labute approximate surface area is 232 Å². The fourth-order valence-electron chi connectivity index (χ4n) is 6.31. The molecule has 2 saturated carbocycles. The molecule has 0 amide bonds. The lowest BCUT2D eigenvalue weighted by Gasteiger charge is -2.35. The van der Waals surface area contributed by atoms with Crippen molar-refractivity contribution in [2.45, 2.75) is 33.1 Å². The van der Waals surface area contributed by atoms with Crippen LogP contribution in [0.1, 0.15) is 33.1 Å². The van der Waals surface area contributed by atoms with Crippen molar-refractivity contribution in [3.8, 4) is 22.4 Å². The van der Waals surface area contributed by atoms with Crippen LogP contribution in [0.2, 0.25) is 10.0 Å². The standard InChI is InChI=1S/C20H13Cl2N.C10H16O4S/c21-15-9-5-13(6-10-15)19-17-3-1-2-4-18(17)23-20(19)14-7-11-16(22)12-8-14;1-9(2)7-3-4-10(9,8(11)5-7)6-15(12,13)14/h1-12,23H;7H,3-6H2,1-2H3,(H,12,13,14). The number of fused-ring (bicyclic) bond motifs is 3. The van der Waals surface area contributed by atoms with Crippen LogP contribution in [0.4, 0.5) is 0 Å². The minimum absolute atomic E-state index is 0.0152. The van der Waals surface area contributed by atoms with Gasteiger partial charge in [-0.1, -0.05) is 79.5 Å². The third-order valence-corrected chi connectivity index (χ3v) is 9.90. The van der Waals surface area contributed by atoms with Crippen molar-refractivity contribution < 1.29 is 17.8 Å². The first-order chi connectivity index (χ1) is 17.9. The van der Waals surface area contributed by atoms with E-state index in [1.54, 1.807) is 0 Å². The molecule has 2 atom stereocenters. The van der Waals surface area contributed by atoms with Gasteiger partial charge in [-0.3, -0.25) is 9.35 Å². The number of aromatic amines is 1. The number of halogens is 2. The van der Waals surface area contributed by atoms with E-state index in [0.29, 0.717) is 12.8 Å². The summed E-state index contributed by atoms with van der Waals surface area (Å²) in [5.41, 5.74) is 4.50. The lowest BCUT2D eigenvalue weighted by atomic mass is 9.70. The second-order valence-corrected chi connectivity index (χ2v) is 13.2. The number of Topliss-reactive ketones (excluding diaryl/α,β-unsaturated/α-hetero) is 1. The Hall–Kier alpha value is -2.64. The number of hydrogen-bond acceptors (Lipinski definition) is 3. The summed E-state index contributed by atoms with van der Waals surface area (Å²) in [5.74, 6) is -0.101. The van der Waals surface area contributed by atoms with Gasteiger partial charge in [0, 0.05) is 32.9 Å². The van der Waals surface area contributed by atoms with E-state index in [-0.39, 0.29) is 17.1 Å². The molecule has 2 unspecified atom stereocenters. The molecule has 4 aromatic rings. The molecule has 0 aliphatic heterocycles. The first-order valence-electron chi connectivity index (χ1n) is 12.5. The highest BCUT2D eigenvalue weighted by Crippen LogP contribution is 2.64. The third-order valence-electron chi connectivity index (χ3n) is 8.54. The molecule has 0 spiro atoms. The normalized spacial score (nSPS) is 21.9. The average Bonchev–Trinajstić information content (AvgIpc) is 3.41. The van der Waals surface area contributed by atoms with Crippen molar-refractivity contribution in [3.05, 3.63) is 82.8 Å². The lowest BCUT2D eigenvalue weighted by Crippen LogP contribution is -2.42. The van der Waals surface area contributed by atoms with Crippen LogP contribution in [-0.2, 0) is 14.9 Å². The highest BCUT2D eigenvalue weighted by atomic mass is 35.5. The van der Waals surface area contributed by atoms with Gasteiger partial charge in [0.05, 0.1) is 16.9 Å². The number of nitrogens with one attached hydrogen (secondary N) is 1. The molecular formula is C30H29Cl2NO4S.